The van der Waals surface area contributed by atoms with Gasteiger partial charge < -0.3 is 92.6 Å². The number of carboxylic acids is 2. The minimum atomic E-state index is -2.01. The number of phenols is 1. The molecule has 0 saturated carbocycles. The number of aliphatic hydroxyl groups excluding tert-OH is 2. The first-order chi connectivity index (χ1) is 54.8. The third-order valence-corrected chi connectivity index (χ3v) is 20.8. The number of thioether (sulfide) groups is 1. The van der Waals surface area contributed by atoms with Crippen LogP contribution in [0.25, 0.3) is 0 Å². The van der Waals surface area contributed by atoms with Gasteiger partial charge in [-0.15, -0.1) is 11.8 Å². The number of aliphatic hydroxyl groups is 2. The number of aromatic hydroxyl groups is 1. The summed E-state index contributed by atoms with van der Waals surface area (Å²) in [7, 11) is 4.75. The molecular formula is C79H104F3N13O20S. The van der Waals surface area contributed by atoms with Gasteiger partial charge in [0.05, 0.1) is 31.4 Å². The number of nitrogens with one attached hydrogen (secondary N) is 8. The molecule has 2 fully saturated rings. The maximum atomic E-state index is 15.5. The Labute approximate surface area is 673 Å². The lowest BCUT2D eigenvalue weighted by molar-refractivity contribution is -0.152. The van der Waals surface area contributed by atoms with Crippen molar-refractivity contribution in [2.75, 3.05) is 59.3 Å². The molecule has 13 amide bonds. The molecule has 2 saturated heterocycles. The zero-order valence-electron chi connectivity index (χ0n) is 66.0. The van der Waals surface area contributed by atoms with Crippen molar-refractivity contribution < 1.29 is 111 Å². The van der Waals surface area contributed by atoms with E-state index in [1.54, 1.807) is 81.4 Å². The smallest absolute Gasteiger partial charge is 0.305 e. The number of carboxylic acid groups (broad SMARTS) is 2. The fourth-order valence-corrected chi connectivity index (χ4v) is 14.0. The van der Waals surface area contributed by atoms with Gasteiger partial charge >= 0.3 is 11.9 Å². The molecular weight excluding hydrogens is 1540 g/mol. The van der Waals surface area contributed by atoms with Crippen LogP contribution >= 0.6 is 11.8 Å². The molecule has 0 spiro atoms. The molecule has 4 aromatic carbocycles. The first-order valence-corrected chi connectivity index (χ1v) is 39.0. The summed E-state index contributed by atoms with van der Waals surface area (Å²) in [4.78, 5) is 219. The van der Waals surface area contributed by atoms with Gasteiger partial charge in [-0.05, 0) is 77.6 Å². The number of fused-ring (bicyclic) bond motifs is 1. The SMILES string of the molecule is CCCC[C@H]1C(=O)N2C[C@H](O)C[C@@H]2C(=O)N[C@@H](CC(=O)O)C(=O)N[C@@H](C(C)C)C(=O)N(C)[C@@H](Cc2ccccc2)C(=O)NCC(=O)N(C)[C@@H](CCC(=O)O)C(=O)NCC(=O)N[C@@H](Cc2ccc(O)cc2)C(=O)N[C@@H](CC(C)C)C(=O)N[C@H](O)CSCC(=O)N[C@@H](Cc2cc(F)c(F)c(F)c2)C(=O)N(C)[C@@H](Cc2ccccc2)C(=O)N1C. The second kappa shape index (κ2) is 44.6. The average molecular weight is 1640 g/mol. The molecule has 0 radical (unpaired) electrons. The second-order valence-electron chi connectivity index (χ2n) is 29.5. The summed E-state index contributed by atoms with van der Waals surface area (Å²) < 4.78 is 44.4. The summed E-state index contributed by atoms with van der Waals surface area (Å²) in [6.07, 6.45) is -7.09. The number of phenolic OH excluding ortho intramolecular Hbond substituents is 1. The molecule has 37 heteroatoms. The number of amides is 13. The number of hydrogen-bond acceptors (Lipinski definition) is 19. The third kappa shape index (κ3) is 27.8. The van der Waals surface area contributed by atoms with E-state index in [0.29, 0.717) is 47.0 Å². The molecule has 2 aliphatic rings. The highest BCUT2D eigenvalue weighted by atomic mass is 32.2. The van der Waals surface area contributed by atoms with Gasteiger partial charge in [-0.3, -0.25) is 71.9 Å². The average Bonchev–Trinajstić information content (AvgIpc) is 1.55. The van der Waals surface area contributed by atoms with Crippen molar-refractivity contribution in [2.45, 2.75) is 184 Å². The number of carbonyl (C=O) groups excluding carboxylic acids is 13. The lowest BCUT2D eigenvalue weighted by Gasteiger charge is -2.38. The van der Waals surface area contributed by atoms with Gasteiger partial charge in [-0.25, -0.2) is 13.2 Å². The monoisotopic (exact) mass is 1640 g/mol. The summed E-state index contributed by atoms with van der Waals surface area (Å²) in [6, 6.07) is 6.67. The maximum Gasteiger partial charge on any atom is 0.305 e. The number of halogens is 3. The van der Waals surface area contributed by atoms with Gasteiger partial charge in [0, 0.05) is 79.0 Å². The Morgan fingerprint density at radius 1 is 0.517 bits per heavy atom. The van der Waals surface area contributed by atoms with Crippen molar-refractivity contribution >= 4 is 100 Å². The van der Waals surface area contributed by atoms with Crippen LogP contribution in [0, 0.1) is 29.3 Å². The number of hydrogen-bond donors (Lipinski definition) is 13. The van der Waals surface area contributed by atoms with E-state index in [-0.39, 0.29) is 55.8 Å². The minimum absolute atomic E-state index is 0.0748. The van der Waals surface area contributed by atoms with Crippen molar-refractivity contribution in [3.05, 3.63) is 137 Å². The van der Waals surface area contributed by atoms with E-state index in [9.17, 15) is 96.2 Å². The zero-order chi connectivity index (χ0) is 85.9. The summed E-state index contributed by atoms with van der Waals surface area (Å²) in [5, 5.41) is 72.2. The Morgan fingerprint density at radius 2 is 1.04 bits per heavy atom. The van der Waals surface area contributed by atoms with Crippen LogP contribution in [0.15, 0.2) is 97.1 Å². The van der Waals surface area contributed by atoms with E-state index in [2.05, 4.69) is 42.5 Å². The Kier molecular flexibility index (Phi) is 36.0. The van der Waals surface area contributed by atoms with Gasteiger partial charge in [0.1, 0.15) is 72.4 Å². The molecule has 0 bridgehead atoms. The lowest BCUT2D eigenvalue weighted by Crippen LogP contribution is -2.61. The molecule has 0 aliphatic carbocycles. The van der Waals surface area contributed by atoms with Crippen molar-refractivity contribution in [3.8, 4) is 5.75 Å². The summed E-state index contributed by atoms with van der Waals surface area (Å²) >= 11 is 0.706. The highest BCUT2D eigenvalue weighted by Gasteiger charge is 2.46. The standard InChI is InChI=1S/C79H104F3N13O20S/c1-10-11-22-58-78(114)95-40-50(97)36-60(95)75(111)88-55(37-67(104)105)72(108)90-69(44(4)5)79(115)93(8)59(34-45-18-14-12-15-19-45)74(110)84-39-65(101)91(6)57(27-28-66(102)103)73(109)83-38-62(98)85-54(32-47-23-25-49(96)26-24-47)70(106)87-53(29-43(2)3)71(107)89-64(100)42-116-41-63(99)86-56(33-48-30-51(80)68(82)52(81)31-48)76(112)94(9)61(77(113)92(58)7)35-46-20-16-13-17-21-46/h12-21,23-26,30-31,43-44,50,53-61,64,69,96-97,100H,10-11,22,27-29,32-42H2,1-9H3,(H,83,109)(H,84,110)(H,85,98)(H,86,99)(H,87,106)(H,88,111)(H,89,107)(H,90,108)(H,102,103)(H,104,105)/t50-,53+,54+,55+,56+,57+,58+,59+,60-,61+,64-,69+/m1/s1. The molecule has 632 valence electrons. The Hall–Kier alpha value is -11.2. The first-order valence-electron chi connectivity index (χ1n) is 37.9. The van der Waals surface area contributed by atoms with Crippen molar-refractivity contribution in [2.24, 2.45) is 11.8 Å². The van der Waals surface area contributed by atoms with Crippen molar-refractivity contribution in [3.63, 3.8) is 0 Å². The van der Waals surface area contributed by atoms with E-state index in [1.165, 1.54) is 59.3 Å². The Balaban J connectivity index is 1.42. The number of unbranched alkanes of at least 4 members (excludes halogenated alkanes) is 1. The van der Waals surface area contributed by atoms with Crippen LogP contribution in [0.4, 0.5) is 13.2 Å². The lowest BCUT2D eigenvalue weighted by atomic mass is 9.98. The van der Waals surface area contributed by atoms with Gasteiger partial charge in [0.25, 0.3) is 0 Å². The van der Waals surface area contributed by atoms with Crippen molar-refractivity contribution in [1.82, 2.24) is 67.0 Å². The minimum Gasteiger partial charge on any atom is -0.508 e. The third-order valence-electron chi connectivity index (χ3n) is 19.7. The van der Waals surface area contributed by atoms with Crippen LogP contribution in [-0.2, 0) is 97.6 Å². The van der Waals surface area contributed by atoms with Crippen molar-refractivity contribution in [1.29, 1.82) is 0 Å². The number of carbonyl (C=O) groups is 15. The molecule has 0 unspecified atom stereocenters. The van der Waals surface area contributed by atoms with Gasteiger partial charge in [-0.1, -0.05) is 120 Å². The fourth-order valence-electron chi connectivity index (χ4n) is 13.3. The van der Waals surface area contributed by atoms with Gasteiger partial charge in [-0.2, -0.15) is 0 Å². The van der Waals surface area contributed by atoms with E-state index in [0.717, 1.165) is 31.5 Å². The molecule has 33 nitrogen and oxygen atoms in total. The van der Waals surface area contributed by atoms with E-state index in [4.69, 9.17) is 0 Å². The van der Waals surface area contributed by atoms with Crippen LogP contribution in [0.3, 0.4) is 0 Å². The normalized spacial score (nSPS) is 24.2. The molecule has 2 aliphatic heterocycles. The topological polar surface area (TPSA) is 470 Å². The predicted molar refractivity (Wildman–Crippen MR) is 415 cm³/mol. The summed E-state index contributed by atoms with van der Waals surface area (Å²) in [6.45, 7) is 5.87. The molecule has 116 heavy (non-hydrogen) atoms. The number of nitrogens with zero attached hydrogens (tertiary/aromatic N) is 5. The molecule has 12 atom stereocenters. The summed E-state index contributed by atoms with van der Waals surface area (Å²) in [5.41, 5.74) is 0.969. The number of benzene rings is 4. The van der Waals surface area contributed by atoms with Crippen LogP contribution < -0.4 is 42.5 Å². The first kappa shape index (κ1) is 93.6. The highest BCUT2D eigenvalue weighted by Crippen LogP contribution is 2.26. The second-order valence-corrected chi connectivity index (χ2v) is 30.5. The number of likely N-dealkylation sites (N-methyl/N-ethyl adjacent to an activating group) is 4. The van der Waals surface area contributed by atoms with Crippen LogP contribution in [0.1, 0.15) is 108 Å². The van der Waals surface area contributed by atoms with Gasteiger partial charge in [0.2, 0.25) is 76.8 Å². The van der Waals surface area contributed by atoms with Crippen LogP contribution in [0.5, 0.6) is 5.75 Å². The largest absolute Gasteiger partial charge is 0.508 e. The zero-order valence-corrected chi connectivity index (χ0v) is 66.8. The van der Waals surface area contributed by atoms with E-state index >= 15 is 14.4 Å². The van der Waals surface area contributed by atoms with Gasteiger partial charge in [0.15, 0.2) is 17.5 Å². The fraction of sp³-hybridized carbons (Fsp3) is 0.506. The highest BCUT2D eigenvalue weighted by molar-refractivity contribution is 8.00. The number of aliphatic carboxylic acids is 2. The van der Waals surface area contributed by atoms with E-state index in [1.807, 2.05) is 0 Å². The molecule has 4 aromatic rings. The Morgan fingerprint density at radius 3 is 1.62 bits per heavy atom. The molecule has 2 heterocycles. The van der Waals surface area contributed by atoms with E-state index < -0.39 is 248 Å². The Bertz CT molecular complexity index is 4130. The summed E-state index contributed by atoms with van der Waals surface area (Å²) in [5.74, 6) is -23.7. The predicted octanol–water partition coefficient (Wildman–Crippen LogP) is 0.419. The van der Waals surface area contributed by atoms with Crippen LogP contribution in [-0.4, -0.2) is 271 Å². The number of rotatable bonds is 19. The molecule has 0 aromatic heterocycles. The molecule has 6 rings (SSSR count). The quantitative estimate of drug-likeness (QED) is 0.0566. The molecule has 13 N–H and O–H groups in total. The maximum absolute atomic E-state index is 15.5. The van der Waals surface area contributed by atoms with Crippen LogP contribution in [0.2, 0.25) is 0 Å².